The standard InChI is InChI=1S/C24H27FN2O2/c1-17-14-19(27-26-16-17)10-12-24(25)13-11-20(22(28)29-23(2,3)4)21(15-24)18-8-6-5-7-9-18/h5-9,14,16,20-21H,11,13,15H2,1-4H3/t20-,21+,24?/m1/s1. The molecule has 1 aliphatic carbocycles. The Kier molecular flexibility index (Phi) is 6.02. The number of hydrogen-bond donors (Lipinski definition) is 0. The van der Waals surface area contributed by atoms with E-state index in [1.54, 1.807) is 12.3 Å². The van der Waals surface area contributed by atoms with E-state index >= 15 is 4.39 Å². The number of carbonyl (C=O) groups is 1. The van der Waals surface area contributed by atoms with E-state index in [4.69, 9.17) is 4.74 Å². The molecule has 3 rings (SSSR count). The topological polar surface area (TPSA) is 52.1 Å². The number of aromatic nitrogens is 2. The molecule has 1 aromatic carbocycles. The quantitative estimate of drug-likeness (QED) is 0.544. The summed E-state index contributed by atoms with van der Waals surface area (Å²) in [6, 6.07) is 11.4. The van der Waals surface area contributed by atoms with Crippen LogP contribution in [0.2, 0.25) is 0 Å². The monoisotopic (exact) mass is 394 g/mol. The second kappa shape index (κ2) is 8.32. The van der Waals surface area contributed by atoms with E-state index in [0.717, 1.165) is 11.1 Å². The average molecular weight is 394 g/mol. The Balaban J connectivity index is 1.87. The van der Waals surface area contributed by atoms with Gasteiger partial charge < -0.3 is 4.74 Å². The number of hydrogen-bond acceptors (Lipinski definition) is 4. The molecule has 5 heteroatoms. The Morgan fingerprint density at radius 1 is 1.28 bits per heavy atom. The first-order chi connectivity index (χ1) is 13.7. The number of halogens is 1. The van der Waals surface area contributed by atoms with Gasteiger partial charge in [0.1, 0.15) is 11.3 Å². The molecular formula is C24H27FN2O2. The van der Waals surface area contributed by atoms with Crippen LogP contribution in [0.15, 0.2) is 42.6 Å². The first-order valence-corrected chi connectivity index (χ1v) is 9.94. The van der Waals surface area contributed by atoms with E-state index in [0.29, 0.717) is 12.1 Å². The normalized spacial score (nSPS) is 24.3. The van der Waals surface area contributed by atoms with Crippen LogP contribution in [-0.2, 0) is 9.53 Å². The number of esters is 1. The van der Waals surface area contributed by atoms with Crippen LogP contribution in [-0.4, -0.2) is 27.4 Å². The Labute approximate surface area is 171 Å². The molecule has 29 heavy (non-hydrogen) atoms. The third kappa shape index (κ3) is 5.63. The fraction of sp³-hybridized carbons (Fsp3) is 0.458. The largest absolute Gasteiger partial charge is 0.460 e. The molecule has 1 unspecified atom stereocenters. The van der Waals surface area contributed by atoms with E-state index in [1.807, 2.05) is 58.0 Å². The summed E-state index contributed by atoms with van der Waals surface area (Å²) >= 11 is 0. The molecule has 0 bridgehead atoms. The summed E-state index contributed by atoms with van der Waals surface area (Å²) in [5.41, 5.74) is 0.0409. The van der Waals surface area contributed by atoms with Crippen molar-refractivity contribution in [2.24, 2.45) is 5.92 Å². The lowest BCUT2D eigenvalue weighted by molar-refractivity contribution is -0.162. The Bertz CT molecular complexity index is 927. The maximum Gasteiger partial charge on any atom is 0.310 e. The lowest BCUT2D eigenvalue weighted by Gasteiger charge is -2.37. The summed E-state index contributed by atoms with van der Waals surface area (Å²) in [5, 5.41) is 7.82. The molecular weight excluding hydrogens is 367 g/mol. The van der Waals surface area contributed by atoms with Crippen LogP contribution >= 0.6 is 0 Å². The van der Waals surface area contributed by atoms with Crippen molar-refractivity contribution in [3.63, 3.8) is 0 Å². The highest BCUT2D eigenvalue weighted by molar-refractivity contribution is 5.74. The zero-order valence-electron chi connectivity index (χ0n) is 17.4. The predicted molar refractivity (Wildman–Crippen MR) is 110 cm³/mol. The summed E-state index contributed by atoms with van der Waals surface area (Å²) in [6.45, 7) is 7.43. The van der Waals surface area contributed by atoms with E-state index < -0.39 is 11.3 Å². The summed E-state index contributed by atoms with van der Waals surface area (Å²) < 4.78 is 21.3. The third-order valence-corrected chi connectivity index (χ3v) is 5.02. The van der Waals surface area contributed by atoms with Crippen LogP contribution in [0.5, 0.6) is 0 Å². The molecule has 3 atom stereocenters. The zero-order valence-corrected chi connectivity index (χ0v) is 17.4. The van der Waals surface area contributed by atoms with Crippen molar-refractivity contribution >= 4 is 5.97 Å². The van der Waals surface area contributed by atoms with Crippen LogP contribution in [0.1, 0.15) is 62.8 Å². The van der Waals surface area contributed by atoms with Gasteiger partial charge in [0, 0.05) is 12.3 Å². The summed E-state index contributed by atoms with van der Waals surface area (Å²) in [6.07, 6.45) is 2.35. The summed E-state index contributed by atoms with van der Waals surface area (Å²) in [5.74, 6) is 4.66. The Morgan fingerprint density at radius 3 is 2.66 bits per heavy atom. The fourth-order valence-corrected chi connectivity index (χ4v) is 3.70. The van der Waals surface area contributed by atoms with Gasteiger partial charge in [-0.05, 0) is 63.7 Å². The molecule has 1 aromatic heterocycles. The van der Waals surface area contributed by atoms with Crippen molar-refractivity contribution in [3.05, 3.63) is 59.4 Å². The molecule has 152 valence electrons. The highest BCUT2D eigenvalue weighted by atomic mass is 19.1. The van der Waals surface area contributed by atoms with Crippen LogP contribution in [0.4, 0.5) is 4.39 Å². The van der Waals surface area contributed by atoms with Crippen molar-refractivity contribution < 1.29 is 13.9 Å². The molecule has 0 spiro atoms. The van der Waals surface area contributed by atoms with Gasteiger partial charge in [0.05, 0.1) is 12.1 Å². The molecule has 0 N–H and O–H groups in total. The van der Waals surface area contributed by atoms with Crippen molar-refractivity contribution in [3.8, 4) is 11.8 Å². The van der Waals surface area contributed by atoms with Crippen molar-refractivity contribution in [2.75, 3.05) is 0 Å². The zero-order chi connectivity index (χ0) is 21.1. The maximum absolute atomic E-state index is 15.7. The molecule has 0 aliphatic heterocycles. The molecule has 1 aliphatic rings. The van der Waals surface area contributed by atoms with Gasteiger partial charge in [-0.15, -0.1) is 5.10 Å². The fourth-order valence-electron chi connectivity index (χ4n) is 3.70. The van der Waals surface area contributed by atoms with Crippen molar-refractivity contribution in [2.45, 2.75) is 64.1 Å². The first-order valence-electron chi connectivity index (χ1n) is 9.94. The van der Waals surface area contributed by atoms with Gasteiger partial charge in [0.2, 0.25) is 0 Å². The second-order valence-electron chi connectivity index (χ2n) is 8.73. The minimum Gasteiger partial charge on any atom is -0.460 e. The van der Waals surface area contributed by atoms with E-state index in [-0.39, 0.29) is 30.6 Å². The molecule has 0 radical (unpaired) electrons. The number of rotatable bonds is 2. The van der Waals surface area contributed by atoms with Gasteiger partial charge in [0.15, 0.2) is 5.67 Å². The van der Waals surface area contributed by atoms with Gasteiger partial charge in [-0.3, -0.25) is 4.79 Å². The maximum atomic E-state index is 15.7. The van der Waals surface area contributed by atoms with E-state index in [9.17, 15) is 4.79 Å². The average Bonchev–Trinajstić information content (AvgIpc) is 2.66. The number of aryl methyl sites for hydroxylation is 1. The summed E-state index contributed by atoms with van der Waals surface area (Å²) in [4.78, 5) is 12.8. The molecule has 1 fully saturated rings. The second-order valence-corrected chi connectivity index (χ2v) is 8.73. The third-order valence-electron chi connectivity index (χ3n) is 5.02. The van der Waals surface area contributed by atoms with Crippen LogP contribution in [0, 0.1) is 24.7 Å². The van der Waals surface area contributed by atoms with Gasteiger partial charge in [-0.25, -0.2) is 4.39 Å². The summed E-state index contributed by atoms with van der Waals surface area (Å²) in [7, 11) is 0. The van der Waals surface area contributed by atoms with Crippen LogP contribution < -0.4 is 0 Å². The first kappa shape index (κ1) is 21.0. The lowest BCUT2D eigenvalue weighted by Crippen LogP contribution is -2.39. The van der Waals surface area contributed by atoms with E-state index in [2.05, 4.69) is 22.0 Å². The molecule has 0 saturated heterocycles. The van der Waals surface area contributed by atoms with Gasteiger partial charge >= 0.3 is 5.97 Å². The van der Waals surface area contributed by atoms with E-state index in [1.165, 1.54) is 0 Å². The predicted octanol–water partition coefficient (Wildman–Crippen LogP) is 4.77. The highest BCUT2D eigenvalue weighted by Crippen LogP contribution is 2.45. The van der Waals surface area contributed by atoms with Crippen LogP contribution in [0.25, 0.3) is 0 Å². The highest BCUT2D eigenvalue weighted by Gasteiger charge is 2.45. The van der Waals surface area contributed by atoms with Gasteiger partial charge in [-0.2, -0.15) is 5.10 Å². The number of ether oxygens (including phenoxy) is 1. The van der Waals surface area contributed by atoms with Gasteiger partial charge in [-0.1, -0.05) is 36.3 Å². The lowest BCUT2D eigenvalue weighted by atomic mass is 9.70. The number of alkyl halides is 1. The van der Waals surface area contributed by atoms with Crippen molar-refractivity contribution in [1.29, 1.82) is 0 Å². The minimum absolute atomic E-state index is 0.146. The Hall–Kier alpha value is -2.74. The molecule has 2 aromatic rings. The number of benzene rings is 1. The van der Waals surface area contributed by atoms with Gasteiger partial charge in [0.25, 0.3) is 0 Å². The van der Waals surface area contributed by atoms with Crippen molar-refractivity contribution in [1.82, 2.24) is 10.2 Å². The molecule has 1 saturated carbocycles. The number of nitrogens with zero attached hydrogens (tertiary/aromatic N) is 2. The molecule has 1 heterocycles. The minimum atomic E-state index is -1.69. The molecule has 4 nitrogen and oxygen atoms in total. The molecule has 0 amide bonds. The smallest absolute Gasteiger partial charge is 0.310 e. The SMILES string of the molecule is Cc1cnnc(C#CC2(F)CC[C@@H](C(=O)OC(C)(C)C)[C@H](c3ccccc3)C2)c1. The van der Waals surface area contributed by atoms with Crippen LogP contribution in [0.3, 0.4) is 0 Å². The Morgan fingerprint density at radius 2 is 2.00 bits per heavy atom. The number of carbonyl (C=O) groups excluding carboxylic acids is 1.